The van der Waals surface area contributed by atoms with E-state index in [1.54, 1.807) is 13.0 Å². The van der Waals surface area contributed by atoms with Crippen molar-refractivity contribution in [3.8, 4) is 0 Å². The number of hydrogen-bond donors (Lipinski definition) is 3. The number of thiophene rings is 1. The summed E-state index contributed by atoms with van der Waals surface area (Å²) in [6.07, 6.45) is 0. The SMILES string of the molecule is CNS(=O)(=O)c1ccc(CNC(=O)C(C)CN)s1. The molecule has 0 spiro atoms. The molecule has 1 aromatic heterocycles. The lowest BCUT2D eigenvalue weighted by Crippen LogP contribution is -2.32. The number of amides is 1. The van der Waals surface area contributed by atoms with Crippen LogP contribution in [0.4, 0.5) is 0 Å². The van der Waals surface area contributed by atoms with Crippen LogP contribution in [0.1, 0.15) is 11.8 Å². The molecular formula is C10H17N3O3S2. The van der Waals surface area contributed by atoms with Gasteiger partial charge >= 0.3 is 0 Å². The Morgan fingerprint density at radius 3 is 2.72 bits per heavy atom. The maximum Gasteiger partial charge on any atom is 0.249 e. The van der Waals surface area contributed by atoms with Crippen molar-refractivity contribution in [2.24, 2.45) is 11.7 Å². The molecule has 0 aliphatic heterocycles. The van der Waals surface area contributed by atoms with Crippen molar-refractivity contribution in [1.29, 1.82) is 0 Å². The van der Waals surface area contributed by atoms with Crippen LogP contribution in [0.2, 0.25) is 0 Å². The molecule has 0 bridgehead atoms. The lowest BCUT2D eigenvalue weighted by Gasteiger charge is -2.08. The second-order valence-electron chi connectivity index (χ2n) is 3.78. The first-order chi connectivity index (χ1) is 8.40. The van der Waals surface area contributed by atoms with Crippen molar-refractivity contribution in [3.63, 3.8) is 0 Å². The van der Waals surface area contributed by atoms with Crippen molar-refractivity contribution in [2.75, 3.05) is 13.6 Å². The van der Waals surface area contributed by atoms with Gasteiger partial charge in [0.2, 0.25) is 15.9 Å². The molecule has 1 unspecified atom stereocenters. The van der Waals surface area contributed by atoms with Crippen molar-refractivity contribution < 1.29 is 13.2 Å². The summed E-state index contributed by atoms with van der Waals surface area (Å²) in [5.41, 5.74) is 5.38. The zero-order valence-electron chi connectivity index (χ0n) is 10.3. The maximum absolute atomic E-state index is 11.5. The number of carbonyl (C=O) groups is 1. The van der Waals surface area contributed by atoms with Gasteiger partial charge < -0.3 is 11.1 Å². The number of rotatable bonds is 6. The third-order valence-electron chi connectivity index (χ3n) is 2.41. The number of carbonyl (C=O) groups excluding carboxylic acids is 1. The predicted octanol–water partition coefficient (Wildman–Crippen LogP) is -0.133. The van der Waals surface area contributed by atoms with Gasteiger partial charge in [-0.3, -0.25) is 4.79 Å². The standard InChI is InChI=1S/C10H17N3O3S2/c1-7(5-11)10(14)13-6-8-3-4-9(17-8)18(15,16)12-2/h3-4,7,12H,5-6,11H2,1-2H3,(H,13,14). The Bertz CT molecular complexity index is 510. The molecule has 1 atom stereocenters. The fourth-order valence-electron chi connectivity index (χ4n) is 1.15. The van der Waals surface area contributed by atoms with Gasteiger partial charge in [-0.05, 0) is 19.2 Å². The summed E-state index contributed by atoms with van der Waals surface area (Å²) in [7, 11) is -2.04. The van der Waals surface area contributed by atoms with Gasteiger partial charge in [0, 0.05) is 17.3 Å². The van der Waals surface area contributed by atoms with E-state index >= 15 is 0 Å². The van der Waals surface area contributed by atoms with Crippen LogP contribution in [0.5, 0.6) is 0 Å². The Labute approximate surface area is 111 Å². The Morgan fingerprint density at radius 2 is 2.17 bits per heavy atom. The van der Waals surface area contributed by atoms with E-state index in [9.17, 15) is 13.2 Å². The molecule has 0 radical (unpaired) electrons. The topological polar surface area (TPSA) is 101 Å². The number of nitrogens with one attached hydrogen (secondary N) is 2. The molecule has 1 amide bonds. The summed E-state index contributed by atoms with van der Waals surface area (Å²) < 4.78 is 25.5. The minimum atomic E-state index is -3.40. The Kier molecular flexibility index (Phi) is 5.27. The third kappa shape index (κ3) is 3.77. The van der Waals surface area contributed by atoms with E-state index in [1.807, 2.05) is 0 Å². The highest BCUT2D eigenvalue weighted by Crippen LogP contribution is 2.20. The zero-order valence-corrected chi connectivity index (χ0v) is 11.9. The molecule has 1 rings (SSSR count). The molecule has 102 valence electrons. The van der Waals surface area contributed by atoms with Gasteiger partial charge in [-0.25, -0.2) is 13.1 Å². The molecule has 8 heteroatoms. The molecule has 18 heavy (non-hydrogen) atoms. The molecule has 0 fully saturated rings. The van der Waals surface area contributed by atoms with Crippen LogP contribution in [0.3, 0.4) is 0 Å². The normalized spacial score (nSPS) is 13.3. The van der Waals surface area contributed by atoms with Crippen molar-refractivity contribution >= 4 is 27.3 Å². The summed E-state index contributed by atoms with van der Waals surface area (Å²) in [5.74, 6) is -0.380. The smallest absolute Gasteiger partial charge is 0.249 e. The molecule has 0 aliphatic carbocycles. The summed E-state index contributed by atoms with van der Waals surface area (Å²) >= 11 is 1.13. The largest absolute Gasteiger partial charge is 0.351 e. The minimum Gasteiger partial charge on any atom is -0.351 e. The summed E-state index contributed by atoms with van der Waals surface area (Å²) in [6.45, 7) is 2.34. The second kappa shape index (κ2) is 6.28. The lowest BCUT2D eigenvalue weighted by molar-refractivity contribution is -0.124. The van der Waals surface area contributed by atoms with E-state index in [0.29, 0.717) is 6.54 Å². The maximum atomic E-state index is 11.5. The van der Waals surface area contributed by atoms with E-state index in [4.69, 9.17) is 5.73 Å². The van der Waals surface area contributed by atoms with Crippen molar-refractivity contribution in [1.82, 2.24) is 10.0 Å². The molecule has 0 aliphatic rings. The first-order valence-corrected chi connectivity index (χ1v) is 7.70. The van der Waals surface area contributed by atoms with Crippen LogP contribution in [-0.4, -0.2) is 27.9 Å². The first kappa shape index (κ1) is 15.1. The Morgan fingerprint density at radius 1 is 1.50 bits per heavy atom. The molecular weight excluding hydrogens is 274 g/mol. The van der Waals surface area contributed by atoms with E-state index in [2.05, 4.69) is 10.0 Å². The fraction of sp³-hybridized carbons (Fsp3) is 0.500. The van der Waals surface area contributed by atoms with E-state index in [-0.39, 0.29) is 22.6 Å². The monoisotopic (exact) mass is 291 g/mol. The fourth-order valence-corrected chi connectivity index (χ4v) is 3.29. The van der Waals surface area contributed by atoms with Gasteiger partial charge in [0.15, 0.2) is 0 Å². The minimum absolute atomic E-state index is 0.135. The van der Waals surface area contributed by atoms with Crippen LogP contribution in [0, 0.1) is 5.92 Å². The van der Waals surface area contributed by atoms with Gasteiger partial charge in [0.25, 0.3) is 0 Å². The molecule has 0 saturated heterocycles. The van der Waals surface area contributed by atoms with Gasteiger partial charge in [-0.1, -0.05) is 6.92 Å². The molecule has 1 heterocycles. The molecule has 1 aromatic rings. The van der Waals surface area contributed by atoms with Gasteiger partial charge in [0.1, 0.15) is 4.21 Å². The van der Waals surface area contributed by atoms with E-state index < -0.39 is 10.0 Å². The Hall–Kier alpha value is -0.960. The highest BCUT2D eigenvalue weighted by atomic mass is 32.2. The van der Waals surface area contributed by atoms with Crippen LogP contribution < -0.4 is 15.8 Å². The van der Waals surface area contributed by atoms with Crippen molar-refractivity contribution in [2.45, 2.75) is 17.7 Å². The summed E-state index contributed by atoms with van der Waals surface area (Å²) in [4.78, 5) is 12.3. The zero-order chi connectivity index (χ0) is 13.8. The van der Waals surface area contributed by atoms with E-state index in [0.717, 1.165) is 16.2 Å². The van der Waals surface area contributed by atoms with Crippen LogP contribution in [0.25, 0.3) is 0 Å². The predicted molar refractivity (Wildman–Crippen MR) is 70.6 cm³/mol. The van der Waals surface area contributed by atoms with Crippen LogP contribution >= 0.6 is 11.3 Å². The molecule has 6 nitrogen and oxygen atoms in total. The number of hydrogen-bond acceptors (Lipinski definition) is 5. The average molecular weight is 291 g/mol. The summed E-state index contributed by atoms with van der Waals surface area (Å²) in [6, 6.07) is 3.20. The average Bonchev–Trinajstić information content (AvgIpc) is 2.84. The van der Waals surface area contributed by atoms with Gasteiger partial charge in [-0.15, -0.1) is 11.3 Å². The van der Waals surface area contributed by atoms with Crippen LogP contribution in [-0.2, 0) is 21.4 Å². The summed E-state index contributed by atoms with van der Waals surface area (Å²) in [5, 5.41) is 2.71. The van der Waals surface area contributed by atoms with Gasteiger partial charge in [0.05, 0.1) is 6.54 Å². The highest BCUT2D eigenvalue weighted by molar-refractivity contribution is 7.91. The highest BCUT2D eigenvalue weighted by Gasteiger charge is 2.15. The lowest BCUT2D eigenvalue weighted by atomic mass is 10.2. The molecule has 4 N–H and O–H groups in total. The molecule has 0 saturated carbocycles. The number of sulfonamides is 1. The second-order valence-corrected chi connectivity index (χ2v) is 7.06. The third-order valence-corrected chi connectivity index (χ3v) is 5.40. The number of nitrogens with two attached hydrogens (primary N) is 1. The van der Waals surface area contributed by atoms with Gasteiger partial charge in [-0.2, -0.15) is 0 Å². The van der Waals surface area contributed by atoms with E-state index in [1.165, 1.54) is 13.1 Å². The van der Waals surface area contributed by atoms with Crippen LogP contribution in [0.15, 0.2) is 16.3 Å². The Balaban J connectivity index is 2.63. The first-order valence-electron chi connectivity index (χ1n) is 5.40. The molecule has 0 aromatic carbocycles. The van der Waals surface area contributed by atoms with Crippen molar-refractivity contribution in [3.05, 3.63) is 17.0 Å². The quantitative estimate of drug-likeness (QED) is 0.679.